The van der Waals surface area contributed by atoms with E-state index < -0.39 is 15.9 Å². The highest BCUT2D eigenvalue weighted by molar-refractivity contribution is 7.85. The van der Waals surface area contributed by atoms with E-state index in [0.717, 1.165) is 0 Å². The molecule has 7 heteroatoms. The van der Waals surface area contributed by atoms with Gasteiger partial charge in [-0.25, -0.2) is 0 Å². The van der Waals surface area contributed by atoms with Gasteiger partial charge in [0.25, 0.3) is 10.1 Å². The average Bonchev–Trinajstić information content (AvgIpc) is 2.34. The third-order valence-corrected chi connectivity index (χ3v) is 3.17. The molecule has 0 radical (unpaired) electrons. The second-order valence-corrected chi connectivity index (χ2v) is 5.39. The van der Waals surface area contributed by atoms with E-state index >= 15 is 0 Å². The first-order valence-corrected chi connectivity index (χ1v) is 6.95. The number of ketones is 1. The SMILES string of the molecule is O=C(CCS(=O)(=O)O)c1ccc2c(c1)OCCO2. The minimum absolute atomic E-state index is 0.265. The Bertz CT molecular complexity index is 563. The normalized spacial score (nSPS) is 14.3. The van der Waals surface area contributed by atoms with E-state index in [1.54, 1.807) is 12.1 Å². The molecule has 0 saturated heterocycles. The van der Waals surface area contributed by atoms with Crippen molar-refractivity contribution in [3.8, 4) is 11.5 Å². The van der Waals surface area contributed by atoms with Crippen molar-refractivity contribution in [1.29, 1.82) is 0 Å². The number of carbonyl (C=O) groups is 1. The molecule has 6 nitrogen and oxygen atoms in total. The van der Waals surface area contributed by atoms with Gasteiger partial charge in [0.1, 0.15) is 13.2 Å². The topological polar surface area (TPSA) is 89.9 Å². The summed E-state index contributed by atoms with van der Waals surface area (Å²) in [6.07, 6.45) is -0.265. The number of benzene rings is 1. The van der Waals surface area contributed by atoms with Gasteiger partial charge in [0.15, 0.2) is 17.3 Å². The molecule has 0 unspecified atom stereocenters. The first-order valence-electron chi connectivity index (χ1n) is 5.34. The van der Waals surface area contributed by atoms with Crippen LogP contribution in [0.4, 0.5) is 0 Å². The van der Waals surface area contributed by atoms with Crippen molar-refractivity contribution < 1.29 is 27.2 Å². The highest BCUT2D eigenvalue weighted by Crippen LogP contribution is 2.31. The minimum atomic E-state index is -4.12. The van der Waals surface area contributed by atoms with Crippen LogP contribution in [0.25, 0.3) is 0 Å². The zero-order valence-corrected chi connectivity index (χ0v) is 10.3. The quantitative estimate of drug-likeness (QED) is 0.647. The van der Waals surface area contributed by atoms with Gasteiger partial charge in [0.05, 0.1) is 5.75 Å². The Balaban J connectivity index is 2.11. The summed E-state index contributed by atoms with van der Waals surface area (Å²) in [5.74, 6) is 0.0800. The number of carbonyl (C=O) groups excluding carboxylic acids is 1. The highest BCUT2D eigenvalue weighted by Gasteiger charge is 2.16. The fourth-order valence-electron chi connectivity index (χ4n) is 1.58. The summed E-state index contributed by atoms with van der Waals surface area (Å²) >= 11 is 0. The van der Waals surface area contributed by atoms with Gasteiger partial charge in [-0.3, -0.25) is 9.35 Å². The van der Waals surface area contributed by atoms with Crippen LogP contribution in [0.15, 0.2) is 18.2 Å². The summed E-state index contributed by atoms with van der Waals surface area (Å²) in [5.41, 5.74) is 0.336. The van der Waals surface area contributed by atoms with Gasteiger partial charge in [-0.05, 0) is 18.2 Å². The van der Waals surface area contributed by atoms with E-state index in [9.17, 15) is 13.2 Å². The van der Waals surface area contributed by atoms with Crippen LogP contribution in [0.2, 0.25) is 0 Å². The number of Topliss-reactive ketones (excluding diaryl/α,β-unsaturated/α-hetero) is 1. The van der Waals surface area contributed by atoms with Crippen molar-refractivity contribution in [1.82, 2.24) is 0 Å². The molecule has 0 aromatic heterocycles. The third-order valence-electron chi connectivity index (χ3n) is 2.45. The van der Waals surface area contributed by atoms with Crippen LogP contribution in [0, 0.1) is 0 Å². The maximum atomic E-state index is 11.7. The molecule has 0 atom stereocenters. The molecule has 0 spiro atoms. The van der Waals surface area contributed by atoms with Gasteiger partial charge in [0.2, 0.25) is 0 Å². The number of hydrogen-bond donors (Lipinski definition) is 1. The lowest BCUT2D eigenvalue weighted by atomic mass is 10.1. The Hall–Kier alpha value is -1.60. The Morgan fingerprint density at radius 1 is 1.22 bits per heavy atom. The van der Waals surface area contributed by atoms with Crippen LogP contribution in [0.3, 0.4) is 0 Å². The van der Waals surface area contributed by atoms with E-state index in [2.05, 4.69) is 0 Å². The van der Waals surface area contributed by atoms with Gasteiger partial charge in [-0.1, -0.05) is 0 Å². The standard InChI is InChI=1S/C11H12O6S/c12-9(3-6-18(13,14)15)8-1-2-10-11(7-8)17-5-4-16-10/h1-2,7H,3-6H2,(H,13,14,15). The van der Waals surface area contributed by atoms with Gasteiger partial charge in [0, 0.05) is 12.0 Å². The van der Waals surface area contributed by atoms with Crippen molar-refractivity contribution in [3.63, 3.8) is 0 Å². The van der Waals surface area contributed by atoms with Crippen LogP contribution in [-0.2, 0) is 10.1 Å². The fourth-order valence-corrected chi connectivity index (χ4v) is 2.03. The Morgan fingerprint density at radius 2 is 1.89 bits per heavy atom. The second kappa shape index (κ2) is 4.95. The molecular formula is C11H12O6S. The average molecular weight is 272 g/mol. The van der Waals surface area contributed by atoms with Gasteiger partial charge >= 0.3 is 0 Å². The first-order chi connectivity index (χ1) is 8.46. The van der Waals surface area contributed by atoms with E-state index in [1.165, 1.54) is 6.07 Å². The van der Waals surface area contributed by atoms with Crippen molar-refractivity contribution >= 4 is 15.9 Å². The molecule has 2 rings (SSSR count). The van der Waals surface area contributed by atoms with Gasteiger partial charge in [-0.15, -0.1) is 0 Å². The summed E-state index contributed by atoms with van der Waals surface area (Å²) in [6, 6.07) is 4.66. The lowest BCUT2D eigenvalue weighted by Gasteiger charge is -2.18. The van der Waals surface area contributed by atoms with E-state index in [1.807, 2.05) is 0 Å². The minimum Gasteiger partial charge on any atom is -0.486 e. The zero-order chi connectivity index (χ0) is 13.2. The lowest BCUT2D eigenvalue weighted by molar-refractivity contribution is 0.0987. The molecule has 98 valence electrons. The Morgan fingerprint density at radius 3 is 2.56 bits per heavy atom. The summed E-state index contributed by atoms with van der Waals surface area (Å²) in [5, 5.41) is 0. The molecule has 0 fully saturated rings. The molecule has 1 aliphatic rings. The first kappa shape index (κ1) is 12.8. The summed E-state index contributed by atoms with van der Waals surface area (Å²) < 4.78 is 40.3. The van der Waals surface area contributed by atoms with Crippen molar-refractivity contribution in [2.75, 3.05) is 19.0 Å². The Kier molecular flexibility index (Phi) is 3.53. The molecule has 1 N–H and O–H groups in total. The molecule has 1 aliphatic heterocycles. The Labute approximate surface area is 104 Å². The molecule has 18 heavy (non-hydrogen) atoms. The fraction of sp³-hybridized carbons (Fsp3) is 0.364. The number of hydrogen-bond acceptors (Lipinski definition) is 5. The molecule has 1 heterocycles. The molecule has 0 saturated carbocycles. The smallest absolute Gasteiger partial charge is 0.265 e. The summed E-state index contributed by atoms with van der Waals surface area (Å²) in [7, 11) is -4.12. The number of fused-ring (bicyclic) bond motifs is 1. The summed E-state index contributed by atoms with van der Waals surface area (Å²) in [4.78, 5) is 11.7. The maximum absolute atomic E-state index is 11.7. The van der Waals surface area contributed by atoms with E-state index in [4.69, 9.17) is 14.0 Å². The predicted molar refractivity (Wildman–Crippen MR) is 62.8 cm³/mol. The van der Waals surface area contributed by atoms with Crippen LogP contribution < -0.4 is 9.47 Å². The third kappa shape index (κ3) is 3.21. The van der Waals surface area contributed by atoms with Crippen molar-refractivity contribution in [2.24, 2.45) is 0 Å². The monoisotopic (exact) mass is 272 g/mol. The lowest BCUT2D eigenvalue weighted by Crippen LogP contribution is -2.16. The van der Waals surface area contributed by atoms with Crippen molar-refractivity contribution in [3.05, 3.63) is 23.8 Å². The van der Waals surface area contributed by atoms with E-state index in [0.29, 0.717) is 30.3 Å². The summed E-state index contributed by atoms with van der Waals surface area (Å²) in [6.45, 7) is 0.874. The van der Waals surface area contributed by atoms with E-state index in [-0.39, 0.29) is 12.2 Å². The molecule has 0 bridgehead atoms. The molecule has 0 aliphatic carbocycles. The van der Waals surface area contributed by atoms with Gasteiger partial charge < -0.3 is 9.47 Å². The van der Waals surface area contributed by atoms with Crippen LogP contribution in [0.5, 0.6) is 11.5 Å². The van der Waals surface area contributed by atoms with Crippen LogP contribution >= 0.6 is 0 Å². The number of ether oxygens (including phenoxy) is 2. The zero-order valence-electron chi connectivity index (χ0n) is 9.46. The van der Waals surface area contributed by atoms with Crippen LogP contribution in [0.1, 0.15) is 16.8 Å². The molecular weight excluding hydrogens is 260 g/mol. The molecule has 0 amide bonds. The highest BCUT2D eigenvalue weighted by atomic mass is 32.2. The molecule has 1 aromatic rings. The van der Waals surface area contributed by atoms with Crippen LogP contribution in [-0.4, -0.2) is 37.7 Å². The number of rotatable bonds is 4. The maximum Gasteiger partial charge on any atom is 0.265 e. The largest absolute Gasteiger partial charge is 0.486 e. The molecule has 1 aromatic carbocycles. The second-order valence-electron chi connectivity index (χ2n) is 3.82. The predicted octanol–water partition coefficient (Wildman–Crippen LogP) is 0.918. The van der Waals surface area contributed by atoms with Crippen molar-refractivity contribution in [2.45, 2.75) is 6.42 Å². The van der Waals surface area contributed by atoms with Gasteiger partial charge in [-0.2, -0.15) is 8.42 Å².